The summed E-state index contributed by atoms with van der Waals surface area (Å²) in [5.74, 6) is 1.68. The summed E-state index contributed by atoms with van der Waals surface area (Å²) in [4.78, 5) is 19.8. The third kappa shape index (κ3) is 4.39. The summed E-state index contributed by atoms with van der Waals surface area (Å²) in [5, 5.41) is 6.65. The van der Waals surface area contributed by atoms with Gasteiger partial charge in [-0.1, -0.05) is 31.5 Å². The molecule has 0 unspecified atom stereocenters. The molecule has 0 bridgehead atoms. The summed E-state index contributed by atoms with van der Waals surface area (Å²) in [6.45, 7) is 7.82. The third-order valence-corrected chi connectivity index (χ3v) is 5.96. The van der Waals surface area contributed by atoms with E-state index in [9.17, 15) is 9.18 Å². The molecule has 1 aliphatic heterocycles. The van der Waals surface area contributed by atoms with Crippen LogP contribution in [0.2, 0.25) is 0 Å². The number of aryl methyl sites for hydroxylation is 1. The van der Waals surface area contributed by atoms with Crippen LogP contribution in [-0.4, -0.2) is 40.0 Å². The molecule has 4 rings (SSSR count). The molecule has 0 radical (unpaired) electrons. The fourth-order valence-electron chi connectivity index (χ4n) is 4.17. The second kappa shape index (κ2) is 9.12. The van der Waals surface area contributed by atoms with Crippen molar-refractivity contribution >= 4 is 17.4 Å². The fourth-order valence-corrected chi connectivity index (χ4v) is 4.17. The summed E-state index contributed by atoms with van der Waals surface area (Å²) in [7, 11) is 1.82. The van der Waals surface area contributed by atoms with E-state index in [1.165, 1.54) is 17.7 Å². The number of fused-ring (bicyclic) bond motifs is 1. The molecule has 6 nitrogen and oxygen atoms in total. The van der Waals surface area contributed by atoms with Gasteiger partial charge in [0.25, 0.3) is 0 Å². The van der Waals surface area contributed by atoms with Gasteiger partial charge in [-0.05, 0) is 56.3 Å². The second-order valence-electron chi connectivity index (χ2n) is 8.64. The molecular formula is C25H30FN5O. The lowest BCUT2D eigenvalue weighted by Crippen LogP contribution is -2.50. The van der Waals surface area contributed by atoms with E-state index >= 15 is 0 Å². The first-order chi connectivity index (χ1) is 15.4. The predicted octanol–water partition coefficient (Wildman–Crippen LogP) is 4.33. The molecular weight excluding hydrogens is 405 g/mol. The van der Waals surface area contributed by atoms with Crippen LogP contribution in [0, 0.1) is 18.7 Å². The number of halogens is 1. The number of rotatable bonds is 6. The first kappa shape index (κ1) is 22.0. The van der Waals surface area contributed by atoms with Gasteiger partial charge in [-0.2, -0.15) is 0 Å². The average molecular weight is 436 g/mol. The first-order valence-electron chi connectivity index (χ1n) is 11.0. The summed E-state index contributed by atoms with van der Waals surface area (Å²) in [6, 6.07) is 14.3. The number of amides is 1. The number of carbonyl (C=O) groups excluding carboxylic acids is 1. The van der Waals surface area contributed by atoms with Gasteiger partial charge in [0.05, 0.1) is 12.6 Å². The van der Waals surface area contributed by atoms with E-state index < -0.39 is 0 Å². The smallest absolute Gasteiger partial charge is 0.240 e. The highest BCUT2D eigenvalue weighted by atomic mass is 19.1. The second-order valence-corrected chi connectivity index (χ2v) is 8.64. The standard InChI is InChI=1S/C25H30FN5O/c1-16(2)22(27-4)25(32)30-13-14-31-21(15-30)29-23(18-7-9-19(26)10-8-18)24(31)28-20-11-5-17(3)6-12-20/h5-12,16,22,27-28H,13-15H2,1-4H3/t22-/m1/s1. The molecule has 1 aliphatic rings. The molecule has 1 atom stereocenters. The van der Waals surface area contributed by atoms with Crippen molar-refractivity contribution in [3.8, 4) is 11.3 Å². The highest BCUT2D eigenvalue weighted by molar-refractivity contribution is 5.82. The molecule has 0 spiro atoms. The quantitative estimate of drug-likeness (QED) is 0.605. The Labute approximate surface area is 188 Å². The Morgan fingerprint density at radius 3 is 2.38 bits per heavy atom. The molecule has 0 aliphatic carbocycles. The van der Waals surface area contributed by atoms with Crippen molar-refractivity contribution in [3.05, 3.63) is 65.7 Å². The van der Waals surface area contributed by atoms with Gasteiger partial charge in [-0.25, -0.2) is 9.37 Å². The molecule has 0 saturated heterocycles. The zero-order valence-corrected chi connectivity index (χ0v) is 19.0. The Kier molecular flexibility index (Phi) is 6.28. The lowest BCUT2D eigenvalue weighted by molar-refractivity contribution is -0.136. The molecule has 3 aromatic rings. The van der Waals surface area contributed by atoms with Crippen LogP contribution in [0.1, 0.15) is 25.2 Å². The zero-order valence-electron chi connectivity index (χ0n) is 19.0. The van der Waals surface area contributed by atoms with Crippen molar-refractivity contribution < 1.29 is 9.18 Å². The van der Waals surface area contributed by atoms with Gasteiger partial charge in [0.15, 0.2) is 0 Å². The van der Waals surface area contributed by atoms with E-state index in [0.717, 1.165) is 28.6 Å². The fraction of sp³-hybridized carbons (Fsp3) is 0.360. The van der Waals surface area contributed by atoms with Crippen LogP contribution in [0.4, 0.5) is 15.9 Å². The topological polar surface area (TPSA) is 62.2 Å². The molecule has 0 saturated carbocycles. The van der Waals surface area contributed by atoms with Crippen molar-refractivity contribution in [1.29, 1.82) is 0 Å². The number of benzene rings is 2. The minimum atomic E-state index is -0.283. The minimum absolute atomic E-state index is 0.0909. The van der Waals surface area contributed by atoms with Crippen LogP contribution in [0.3, 0.4) is 0 Å². The normalized spacial score (nSPS) is 14.4. The molecule has 2 aromatic carbocycles. The van der Waals surface area contributed by atoms with Crippen molar-refractivity contribution in [2.45, 2.75) is 39.9 Å². The van der Waals surface area contributed by atoms with Crippen LogP contribution < -0.4 is 10.6 Å². The van der Waals surface area contributed by atoms with Crippen molar-refractivity contribution in [2.75, 3.05) is 18.9 Å². The van der Waals surface area contributed by atoms with E-state index in [1.54, 1.807) is 12.1 Å². The molecule has 168 valence electrons. The summed E-state index contributed by atoms with van der Waals surface area (Å²) in [6.07, 6.45) is 0. The van der Waals surface area contributed by atoms with E-state index in [-0.39, 0.29) is 23.7 Å². The molecule has 32 heavy (non-hydrogen) atoms. The van der Waals surface area contributed by atoms with E-state index in [2.05, 4.69) is 34.3 Å². The Bertz CT molecular complexity index is 1090. The zero-order chi connectivity index (χ0) is 22.8. The van der Waals surface area contributed by atoms with Gasteiger partial charge < -0.3 is 20.1 Å². The Balaban J connectivity index is 1.70. The maximum Gasteiger partial charge on any atom is 0.240 e. The lowest BCUT2D eigenvalue weighted by Gasteiger charge is -2.32. The van der Waals surface area contributed by atoms with Crippen molar-refractivity contribution in [1.82, 2.24) is 19.8 Å². The predicted molar refractivity (Wildman–Crippen MR) is 125 cm³/mol. The van der Waals surface area contributed by atoms with E-state index in [1.807, 2.05) is 37.9 Å². The van der Waals surface area contributed by atoms with Gasteiger partial charge in [0, 0.05) is 24.3 Å². The third-order valence-electron chi connectivity index (χ3n) is 5.96. The highest BCUT2D eigenvalue weighted by Crippen LogP contribution is 2.33. The highest BCUT2D eigenvalue weighted by Gasteiger charge is 2.31. The largest absolute Gasteiger partial charge is 0.340 e. The van der Waals surface area contributed by atoms with Crippen LogP contribution in [-0.2, 0) is 17.9 Å². The molecule has 1 aromatic heterocycles. The van der Waals surface area contributed by atoms with Crippen molar-refractivity contribution in [3.63, 3.8) is 0 Å². The number of aromatic nitrogens is 2. The number of imidazole rings is 1. The number of carbonyl (C=O) groups is 1. The maximum absolute atomic E-state index is 13.5. The summed E-state index contributed by atoms with van der Waals surface area (Å²) in [5.41, 5.74) is 3.72. The molecule has 2 heterocycles. The average Bonchev–Trinajstić information content (AvgIpc) is 3.13. The molecule has 0 fully saturated rings. The van der Waals surface area contributed by atoms with E-state index in [0.29, 0.717) is 19.6 Å². The number of likely N-dealkylation sites (N-methyl/N-ethyl adjacent to an activating group) is 1. The molecule has 2 N–H and O–H groups in total. The van der Waals surface area contributed by atoms with Gasteiger partial charge in [0.2, 0.25) is 5.91 Å². The van der Waals surface area contributed by atoms with Gasteiger partial charge >= 0.3 is 0 Å². The number of nitrogens with one attached hydrogen (secondary N) is 2. The van der Waals surface area contributed by atoms with Crippen LogP contribution in [0.5, 0.6) is 0 Å². The van der Waals surface area contributed by atoms with E-state index in [4.69, 9.17) is 4.98 Å². The minimum Gasteiger partial charge on any atom is -0.340 e. The van der Waals surface area contributed by atoms with Gasteiger partial charge in [0.1, 0.15) is 23.2 Å². The molecule has 7 heteroatoms. The summed E-state index contributed by atoms with van der Waals surface area (Å²) >= 11 is 0. The Morgan fingerprint density at radius 2 is 1.75 bits per heavy atom. The number of anilines is 2. The number of nitrogens with zero attached hydrogens (tertiary/aromatic N) is 3. The van der Waals surface area contributed by atoms with Crippen molar-refractivity contribution in [2.24, 2.45) is 5.92 Å². The Morgan fingerprint density at radius 1 is 1.06 bits per heavy atom. The Hall–Kier alpha value is -3.19. The summed E-state index contributed by atoms with van der Waals surface area (Å²) < 4.78 is 15.7. The van der Waals surface area contributed by atoms with Crippen LogP contribution in [0.25, 0.3) is 11.3 Å². The van der Waals surface area contributed by atoms with Gasteiger partial charge in [-0.15, -0.1) is 0 Å². The van der Waals surface area contributed by atoms with Crippen LogP contribution in [0.15, 0.2) is 48.5 Å². The SMILES string of the molecule is CN[C@@H](C(=O)N1CCn2c(nc(-c3ccc(F)cc3)c2Nc2ccc(C)cc2)C1)C(C)C. The maximum atomic E-state index is 13.5. The van der Waals surface area contributed by atoms with Gasteiger partial charge in [-0.3, -0.25) is 4.79 Å². The first-order valence-corrected chi connectivity index (χ1v) is 11.0. The monoisotopic (exact) mass is 435 g/mol. The number of hydrogen-bond donors (Lipinski definition) is 2. The van der Waals surface area contributed by atoms with Crippen LogP contribution >= 0.6 is 0 Å². The molecule has 1 amide bonds. The number of hydrogen-bond acceptors (Lipinski definition) is 4. The lowest BCUT2D eigenvalue weighted by atomic mass is 10.0.